The minimum atomic E-state index is -1.15. The Morgan fingerprint density at radius 2 is 0.446 bits per heavy atom. The number of carboxylic acids is 4. The molecule has 0 fully saturated rings. The summed E-state index contributed by atoms with van der Waals surface area (Å²) in [6, 6.07) is 12.7. The van der Waals surface area contributed by atoms with E-state index in [4.69, 9.17) is 20.4 Å². The van der Waals surface area contributed by atoms with Crippen molar-refractivity contribution in [1.29, 1.82) is 0 Å². The van der Waals surface area contributed by atoms with Gasteiger partial charge in [0, 0.05) is 0 Å². The number of benzene rings is 4. The van der Waals surface area contributed by atoms with E-state index in [1.54, 1.807) is 24.3 Å². The zero-order chi connectivity index (χ0) is 49.8. The molecule has 65 heavy (non-hydrogen) atoms. The van der Waals surface area contributed by atoms with Crippen LogP contribution in [0.4, 0.5) is 0 Å². The smallest absolute Gasteiger partial charge is 0.872 e. The van der Waals surface area contributed by atoms with Crippen molar-refractivity contribution in [2.24, 2.45) is 0 Å². The molecule has 0 amide bonds. The molecule has 4 N–H and O–H groups in total. The Morgan fingerprint density at radius 3 is 0.538 bits per heavy atom. The second-order valence-electron chi connectivity index (χ2n) is 18.2. The number of carboxylic acid groups (broad SMARTS) is 4. The van der Waals surface area contributed by atoms with Gasteiger partial charge in [0.1, 0.15) is 0 Å². The zero-order valence-corrected chi connectivity index (χ0v) is 42.4. The van der Waals surface area contributed by atoms with Gasteiger partial charge in [0.05, 0.1) is 22.3 Å². The summed E-state index contributed by atoms with van der Waals surface area (Å²) in [5.41, 5.74) is 5.81. The third-order valence-electron chi connectivity index (χ3n) is 10.6. The van der Waals surface area contributed by atoms with Crippen LogP contribution in [0.5, 0.6) is 23.0 Å². The minimum Gasteiger partial charge on any atom is -0.872 e. The summed E-state index contributed by atoms with van der Waals surface area (Å²) in [6.45, 7) is 31.3. The van der Waals surface area contributed by atoms with Crippen LogP contribution < -0.4 is 20.4 Å². The maximum atomic E-state index is 12.0. The van der Waals surface area contributed by atoms with E-state index >= 15 is 0 Å². The van der Waals surface area contributed by atoms with E-state index in [1.165, 1.54) is 24.3 Å². The maximum Gasteiger partial charge on any atom is 4.00 e. The molecule has 0 aromatic heterocycles. The number of rotatable bonds is 12. The Kier molecular flexibility index (Phi) is 23.9. The monoisotopic (exact) mass is 932 g/mol. The van der Waals surface area contributed by atoms with Crippen molar-refractivity contribution in [2.45, 2.75) is 158 Å². The average molecular weight is 933 g/mol. The SMILES string of the molecule is CC(C)c1ccc(C(=O)O)c([O-])c1C(C)C.CC(C)c1ccc(C(=O)O)c([O-])c1C(C)C.CC(C)c1ccc(C(=O)O)c([O-])c1C(C)C.CC(C)c1ccc(C(=O)O)c([O-])c1C(C)C.[Ti+4]. The van der Waals surface area contributed by atoms with Crippen LogP contribution in [0, 0.1) is 0 Å². The van der Waals surface area contributed by atoms with Crippen LogP contribution in [-0.2, 0) is 21.7 Å². The number of hydrogen-bond acceptors (Lipinski definition) is 8. The fraction of sp³-hybridized carbons (Fsp3) is 0.462. The normalized spacial score (nSPS) is 11.0. The fourth-order valence-corrected chi connectivity index (χ4v) is 7.53. The molecule has 0 radical (unpaired) electrons. The molecule has 0 saturated carbocycles. The van der Waals surface area contributed by atoms with Crippen LogP contribution in [0.15, 0.2) is 48.5 Å². The van der Waals surface area contributed by atoms with Gasteiger partial charge in [-0.15, -0.1) is 0 Å². The molecule has 4 aromatic rings. The molecule has 352 valence electrons. The van der Waals surface area contributed by atoms with Gasteiger partial charge >= 0.3 is 45.6 Å². The van der Waals surface area contributed by atoms with Gasteiger partial charge in [0.25, 0.3) is 0 Å². The van der Waals surface area contributed by atoms with Crippen molar-refractivity contribution in [1.82, 2.24) is 0 Å². The molecule has 4 aromatic carbocycles. The Balaban J connectivity index is 0.000000836. The molecular weight excluding hydrogens is 864 g/mol. The van der Waals surface area contributed by atoms with Crippen LogP contribution in [0.25, 0.3) is 0 Å². The summed E-state index contributed by atoms with van der Waals surface area (Å²) in [6.07, 6.45) is 0. The summed E-state index contributed by atoms with van der Waals surface area (Å²) >= 11 is 0. The van der Waals surface area contributed by atoms with E-state index in [0.29, 0.717) is 22.3 Å². The second kappa shape index (κ2) is 26.0. The first-order valence-electron chi connectivity index (χ1n) is 21.7. The Bertz CT molecular complexity index is 1950. The zero-order valence-electron chi connectivity index (χ0n) is 40.8. The van der Waals surface area contributed by atoms with E-state index in [9.17, 15) is 39.6 Å². The van der Waals surface area contributed by atoms with Gasteiger partial charge in [-0.2, -0.15) is 0 Å². The molecule has 0 atom stereocenters. The summed E-state index contributed by atoms with van der Waals surface area (Å²) < 4.78 is 0. The third kappa shape index (κ3) is 15.4. The van der Waals surface area contributed by atoms with Crippen molar-refractivity contribution in [2.75, 3.05) is 0 Å². The molecule has 0 bridgehead atoms. The molecule has 0 aliphatic rings. The van der Waals surface area contributed by atoms with E-state index in [1.807, 2.05) is 111 Å². The Labute approximate surface area is 400 Å². The van der Waals surface area contributed by atoms with Crippen molar-refractivity contribution in [3.63, 3.8) is 0 Å². The summed E-state index contributed by atoms with van der Waals surface area (Å²) in [4.78, 5) is 43.5. The van der Waals surface area contributed by atoms with E-state index in [-0.39, 0.29) is 114 Å². The maximum absolute atomic E-state index is 12.0. The summed E-state index contributed by atoms with van der Waals surface area (Å²) in [5, 5.41) is 83.6. The third-order valence-corrected chi connectivity index (χ3v) is 10.6. The first-order chi connectivity index (χ1) is 29.4. The molecule has 4 rings (SSSR count). The first kappa shape index (κ1) is 59.7. The van der Waals surface area contributed by atoms with Crippen LogP contribution >= 0.6 is 0 Å². The van der Waals surface area contributed by atoms with Gasteiger partial charge in [0.2, 0.25) is 0 Å². The number of hydrogen-bond donors (Lipinski definition) is 4. The molecule has 0 aliphatic carbocycles. The fourth-order valence-electron chi connectivity index (χ4n) is 7.53. The van der Waals surface area contributed by atoms with Gasteiger partial charge in [0.15, 0.2) is 0 Å². The van der Waals surface area contributed by atoms with Gasteiger partial charge in [-0.05, 0) is 116 Å². The minimum absolute atomic E-state index is 0. The predicted octanol–water partition coefficient (Wildman–Crippen LogP) is 10.8. The molecule has 0 heterocycles. The summed E-state index contributed by atoms with van der Waals surface area (Å²) in [5.74, 6) is -4.86. The van der Waals surface area contributed by atoms with Crippen molar-refractivity contribution < 1.29 is 81.7 Å². The van der Waals surface area contributed by atoms with E-state index in [0.717, 1.165) is 22.3 Å². The first-order valence-corrected chi connectivity index (χ1v) is 21.7. The standard InChI is InChI=1S/4C13H18O3.Ti/c4*1-7(2)9-5-6-10(13(15)16)12(14)11(9)8(3)4;/h4*5-8,14H,1-4H3,(H,15,16);/q;;;;+4/p-4. The molecule has 13 heteroatoms. The van der Waals surface area contributed by atoms with Crippen LogP contribution in [0.2, 0.25) is 0 Å². The molecular formula is C52H68O12Ti. The molecule has 12 nitrogen and oxygen atoms in total. The van der Waals surface area contributed by atoms with Crippen LogP contribution in [0.1, 0.15) is 244 Å². The predicted molar refractivity (Wildman–Crippen MR) is 244 cm³/mol. The largest absolute Gasteiger partial charge is 4.00 e. The van der Waals surface area contributed by atoms with Gasteiger partial charge in [-0.25, -0.2) is 19.2 Å². The Hall–Kier alpha value is -5.33. The van der Waals surface area contributed by atoms with E-state index in [2.05, 4.69) is 0 Å². The van der Waals surface area contributed by atoms with Crippen LogP contribution in [0.3, 0.4) is 0 Å². The molecule has 0 saturated heterocycles. The van der Waals surface area contributed by atoms with Gasteiger partial charge < -0.3 is 40.9 Å². The molecule has 0 spiro atoms. The van der Waals surface area contributed by atoms with Crippen molar-refractivity contribution in [3.8, 4) is 23.0 Å². The summed E-state index contributed by atoms with van der Waals surface area (Å²) in [7, 11) is 0. The van der Waals surface area contributed by atoms with Crippen molar-refractivity contribution >= 4 is 23.9 Å². The van der Waals surface area contributed by atoms with Gasteiger partial charge in [-0.1, -0.05) is 158 Å². The Morgan fingerprint density at radius 1 is 0.308 bits per heavy atom. The number of carbonyl (C=O) groups is 4. The van der Waals surface area contributed by atoms with Crippen molar-refractivity contribution in [3.05, 3.63) is 115 Å². The molecule has 0 unspecified atom stereocenters. The second-order valence-corrected chi connectivity index (χ2v) is 18.2. The quantitative estimate of drug-likeness (QED) is 0.0970. The average Bonchev–Trinajstić information content (AvgIpc) is 3.16. The van der Waals surface area contributed by atoms with Crippen LogP contribution in [-0.4, -0.2) is 44.3 Å². The number of aromatic carboxylic acids is 4. The topological polar surface area (TPSA) is 241 Å². The molecule has 0 aliphatic heterocycles. The van der Waals surface area contributed by atoms with E-state index < -0.39 is 23.9 Å². The van der Waals surface area contributed by atoms with Gasteiger partial charge in [-0.3, -0.25) is 0 Å².